The first-order valence-electron chi connectivity index (χ1n) is 11.1. The third-order valence-electron chi connectivity index (χ3n) is 6.11. The highest BCUT2D eigenvalue weighted by atomic mass is 32.1. The highest BCUT2D eigenvalue weighted by molar-refractivity contribution is 7.12. The highest BCUT2D eigenvalue weighted by Gasteiger charge is 2.25. The fourth-order valence-electron chi connectivity index (χ4n) is 4.51. The molecule has 3 aromatic rings. The molecule has 7 nitrogen and oxygen atoms in total. The number of carbonyl (C=O) groups is 1. The number of hydrogen-bond acceptors (Lipinski definition) is 7. The van der Waals surface area contributed by atoms with Crippen molar-refractivity contribution in [2.24, 2.45) is 0 Å². The minimum atomic E-state index is 0.163. The number of piperazine rings is 1. The molecule has 0 bridgehead atoms. The van der Waals surface area contributed by atoms with Gasteiger partial charge in [-0.15, -0.1) is 11.3 Å². The number of aromatic nitrogens is 3. The van der Waals surface area contributed by atoms with Crippen molar-refractivity contribution < 1.29 is 4.79 Å². The van der Waals surface area contributed by atoms with E-state index in [9.17, 15) is 4.79 Å². The predicted octanol–water partition coefficient (Wildman–Crippen LogP) is 3.72. The molecule has 0 radical (unpaired) electrons. The molecule has 2 aliphatic rings. The Morgan fingerprint density at radius 2 is 1.78 bits per heavy atom. The summed E-state index contributed by atoms with van der Waals surface area (Å²) < 4.78 is 0. The zero-order valence-corrected chi connectivity index (χ0v) is 19.6. The first-order chi connectivity index (χ1) is 15.4. The summed E-state index contributed by atoms with van der Waals surface area (Å²) in [5.74, 6) is 0.771. The van der Waals surface area contributed by atoms with E-state index in [0.717, 1.165) is 73.2 Å². The molecule has 0 unspecified atom stereocenters. The van der Waals surface area contributed by atoms with E-state index in [1.807, 2.05) is 11.1 Å². The van der Waals surface area contributed by atoms with E-state index in [-0.39, 0.29) is 5.91 Å². The van der Waals surface area contributed by atoms with Crippen molar-refractivity contribution in [1.29, 1.82) is 0 Å². The Morgan fingerprint density at radius 1 is 1.03 bits per heavy atom. The summed E-state index contributed by atoms with van der Waals surface area (Å²) in [5.41, 5.74) is 6.55. The van der Waals surface area contributed by atoms with E-state index >= 15 is 0 Å². The lowest BCUT2D eigenvalue weighted by molar-refractivity contribution is -0.130. The van der Waals surface area contributed by atoms with Gasteiger partial charge in [0.2, 0.25) is 11.9 Å². The van der Waals surface area contributed by atoms with Crippen molar-refractivity contribution in [3.05, 3.63) is 51.0 Å². The van der Waals surface area contributed by atoms with Crippen LogP contribution in [0.4, 0.5) is 11.6 Å². The van der Waals surface area contributed by atoms with E-state index in [4.69, 9.17) is 9.97 Å². The van der Waals surface area contributed by atoms with Crippen LogP contribution < -0.4 is 5.32 Å². The van der Waals surface area contributed by atoms with Gasteiger partial charge in [-0.05, 0) is 55.5 Å². The Morgan fingerprint density at radius 3 is 2.50 bits per heavy atom. The number of rotatable bonds is 4. The number of nitrogens with one attached hydrogen (secondary N) is 1. The molecule has 166 valence electrons. The van der Waals surface area contributed by atoms with Crippen LogP contribution in [0.2, 0.25) is 0 Å². The predicted molar refractivity (Wildman–Crippen MR) is 127 cm³/mol. The maximum atomic E-state index is 11.6. The number of nitrogens with zero attached hydrogens (tertiary/aromatic N) is 5. The Hall–Kier alpha value is -2.84. The Balaban J connectivity index is 1.34. The fourth-order valence-corrected chi connectivity index (χ4v) is 5.63. The van der Waals surface area contributed by atoms with Crippen molar-refractivity contribution in [3.8, 4) is 11.4 Å². The fraction of sp³-hybridized carbons (Fsp3) is 0.417. The van der Waals surface area contributed by atoms with Gasteiger partial charge in [-0.25, -0.2) is 15.0 Å². The Bertz CT molecular complexity index is 1150. The molecule has 2 aromatic heterocycles. The van der Waals surface area contributed by atoms with Crippen molar-refractivity contribution in [2.75, 3.05) is 31.5 Å². The van der Waals surface area contributed by atoms with Crippen LogP contribution in [-0.2, 0) is 24.2 Å². The van der Waals surface area contributed by atoms with Crippen LogP contribution in [0.25, 0.3) is 11.4 Å². The average molecular weight is 449 g/mol. The van der Waals surface area contributed by atoms with Gasteiger partial charge in [-0.3, -0.25) is 9.69 Å². The topological polar surface area (TPSA) is 74.2 Å². The summed E-state index contributed by atoms with van der Waals surface area (Å²) in [6.45, 7) is 10.0. The number of hydrogen-bond donors (Lipinski definition) is 1. The van der Waals surface area contributed by atoms with Crippen LogP contribution >= 0.6 is 11.3 Å². The van der Waals surface area contributed by atoms with Gasteiger partial charge in [-0.2, -0.15) is 0 Å². The number of benzene rings is 1. The van der Waals surface area contributed by atoms with Crippen molar-refractivity contribution in [1.82, 2.24) is 24.8 Å². The zero-order valence-electron chi connectivity index (χ0n) is 18.8. The second kappa shape index (κ2) is 8.60. The van der Waals surface area contributed by atoms with Gasteiger partial charge >= 0.3 is 0 Å². The molecule has 1 fully saturated rings. The van der Waals surface area contributed by atoms with E-state index in [1.54, 1.807) is 18.3 Å². The minimum Gasteiger partial charge on any atom is -0.340 e. The maximum Gasteiger partial charge on any atom is 0.227 e. The molecule has 32 heavy (non-hydrogen) atoms. The van der Waals surface area contributed by atoms with Crippen molar-refractivity contribution in [2.45, 2.75) is 40.2 Å². The first-order valence-corrected chi connectivity index (χ1v) is 11.9. The lowest BCUT2D eigenvalue weighted by Gasteiger charge is -2.33. The number of amides is 1. The van der Waals surface area contributed by atoms with Crippen LogP contribution in [-0.4, -0.2) is 56.8 Å². The Kier molecular flexibility index (Phi) is 5.65. The van der Waals surface area contributed by atoms with Crippen LogP contribution in [0.3, 0.4) is 0 Å². The number of aryl methyl sites for hydroxylation is 4. The smallest absolute Gasteiger partial charge is 0.227 e. The van der Waals surface area contributed by atoms with Gasteiger partial charge in [0.05, 0.1) is 12.2 Å². The normalized spacial score (nSPS) is 15.9. The molecule has 1 aromatic carbocycles. The van der Waals surface area contributed by atoms with Gasteiger partial charge < -0.3 is 10.2 Å². The molecule has 0 atom stereocenters. The molecule has 1 saturated heterocycles. The minimum absolute atomic E-state index is 0.163. The number of fused-ring (bicyclic) bond motifs is 3. The average Bonchev–Trinajstić information content (AvgIpc) is 3.16. The van der Waals surface area contributed by atoms with Gasteiger partial charge in [0, 0.05) is 49.9 Å². The molecule has 3 heterocycles. The molecular formula is C24H28N6OS. The third kappa shape index (κ3) is 4.38. The second-order valence-corrected chi connectivity index (χ2v) is 9.90. The van der Waals surface area contributed by atoms with Crippen LogP contribution in [0.1, 0.15) is 33.5 Å². The van der Waals surface area contributed by atoms with Crippen LogP contribution in [0.15, 0.2) is 24.4 Å². The van der Waals surface area contributed by atoms with Crippen molar-refractivity contribution >= 4 is 28.9 Å². The van der Waals surface area contributed by atoms with E-state index in [0.29, 0.717) is 5.95 Å². The third-order valence-corrected chi connectivity index (χ3v) is 7.21. The Labute approximate surface area is 192 Å². The first kappa shape index (κ1) is 21.0. The summed E-state index contributed by atoms with van der Waals surface area (Å²) >= 11 is 1.80. The van der Waals surface area contributed by atoms with E-state index in [2.05, 4.69) is 47.2 Å². The molecule has 1 amide bonds. The highest BCUT2D eigenvalue weighted by Crippen LogP contribution is 2.36. The molecule has 1 aliphatic heterocycles. The second-order valence-electron chi connectivity index (χ2n) is 8.73. The summed E-state index contributed by atoms with van der Waals surface area (Å²) in [4.78, 5) is 31.6. The van der Waals surface area contributed by atoms with Crippen LogP contribution in [0, 0.1) is 13.8 Å². The lowest BCUT2D eigenvalue weighted by atomic mass is 10.00. The summed E-state index contributed by atoms with van der Waals surface area (Å²) in [7, 11) is 0. The quantitative estimate of drug-likeness (QED) is 0.656. The van der Waals surface area contributed by atoms with E-state index < -0.39 is 0 Å². The van der Waals surface area contributed by atoms with Gasteiger partial charge in [0.15, 0.2) is 0 Å². The molecule has 1 aliphatic carbocycles. The summed E-state index contributed by atoms with van der Waals surface area (Å²) in [6, 6.07) is 6.37. The molecule has 1 N–H and O–H groups in total. The summed E-state index contributed by atoms with van der Waals surface area (Å²) in [6.07, 6.45) is 3.88. The van der Waals surface area contributed by atoms with Gasteiger partial charge in [0.25, 0.3) is 0 Å². The lowest BCUT2D eigenvalue weighted by Crippen LogP contribution is -2.47. The molecule has 5 rings (SSSR count). The number of anilines is 2. The van der Waals surface area contributed by atoms with Crippen LogP contribution in [0.5, 0.6) is 0 Å². The molecule has 0 saturated carbocycles. The monoisotopic (exact) mass is 448 g/mol. The van der Waals surface area contributed by atoms with Gasteiger partial charge in [-0.1, -0.05) is 6.07 Å². The number of thiazole rings is 1. The zero-order chi connectivity index (χ0) is 22.2. The maximum absolute atomic E-state index is 11.6. The van der Waals surface area contributed by atoms with Gasteiger partial charge in [0.1, 0.15) is 10.7 Å². The van der Waals surface area contributed by atoms with E-state index in [1.165, 1.54) is 16.0 Å². The summed E-state index contributed by atoms with van der Waals surface area (Å²) in [5, 5.41) is 4.49. The standard InChI is InChI=1S/C24H28N6OS/c1-15-10-16(2)12-19(11-15)26-24-25-13-18-4-5-20-23(22(18)28-24)27-21(32-20)14-29-6-8-30(9-7-29)17(3)31/h10-13H,4-9,14H2,1-3H3,(H,25,26,28). The van der Waals surface area contributed by atoms with Crippen molar-refractivity contribution in [3.63, 3.8) is 0 Å². The largest absolute Gasteiger partial charge is 0.340 e. The number of carbonyl (C=O) groups excluding carboxylic acids is 1. The molecule has 0 spiro atoms. The molecular weight excluding hydrogens is 420 g/mol. The SMILES string of the molecule is CC(=O)N1CCN(Cc2nc3c(s2)CCc2cnc(Nc4cc(C)cc(C)c4)nc2-3)CC1. The molecule has 8 heteroatoms.